The molecule has 1 aromatic carbocycles. The lowest BCUT2D eigenvalue weighted by Crippen LogP contribution is -1.97. The highest BCUT2D eigenvalue weighted by Crippen LogP contribution is 2.21. The van der Waals surface area contributed by atoms with Crippen molar-refractivity contribution in [3.8, 4) is 5.75 Å². The number of hydrogen-bond donors (Lipinski definition) is 0. The lowest BCUT2D eigenvalue weighted by Gasteiger charge is -2.06. The number of halogens is 1. The van der Waals surface area contributed by atoms with E-state index in [0.717, 1.165) is 17.0 Å². The van der Waals surface area contributed by atoms with Gasteiger partial charge in [0, 0.05) is 12.6 Å². The molecule has 0 atom stereocenters. The smallest absolute Gasteiger partial charge is 0.133 e. The third kappa shape index (κ3) is 2.61. The van der Waals surface area contributed by atoms with E-state index in [1.807, 2.05) is 45.2 Å². The van der Waals surface area contributed by atoms with Crippen molar-refractivity contribution in [2.75, 3.05) is 0 Å². The number of aryl methyl sites for hydroxylation is 3. The zero-order valence-corrected chi connectivity index (χ0v) is 11.0. The van der Waals surface area contributed by atoms with Crippen LogP contribution < -0.4 is 4.74 Å². The van der Waals surface area contributed by atoms with Crippen LogP contribution in [0, 0.1) is 13.8 Å². The topological polar surface area (TPSA) is 27.1 Å². The summed E-state index contributed by atoms with van der Waals surface area (Å²) in [6.07, 6.45) is 0. The molecular weight excluding hydrogens is 236 g/mol. The number of hydrogen-bond acceptors (Lipinski definition) is 2. The van der Waals surface area contributed by atoms with Gasteiger partial charge in [0.05, 0.1) is 5.69 Å². The maximum absolute atomic E-state index is 6.13. The molecule has 0 unspecified atom stereocenters. The molecule has 4 heteroatoms. The van der Waals surface area contributed by atoms with Crippen molar-refractivity contribution in [3.63, 3.8) is 0 Å². The maximum atomic E-state index is 6.13. The molecule has 0 fully saturated rings. The molecule has 0 aliphatic carbocycles. The Balaban J connectivity index is 2.09. The number of benzene rings is 1. The predicted molar refractivity (Wildman–Crippen MR) is 68.5 cm³/mol. The lowest BCUT2D eigenvalue weighted by molar-refractivity contribution is 0.305. The lowest BCUT2D eigenvalue weighted by atomic mass is 10.2. The summed E-state index contributed by atoms with van der Waals surface area (Å²) in [5.74, 6) is 0.843. The summed E-state index contributed by atoms with van der Waals surface area (Å²) in [4.78, 5) is 0. The van der Waals surface area contributed by atoms with Gasteiger partial charge in [-0.1, -0.05) is 29.3 Å². The first-order chi connectivity index (χ1) is 8.08. The SMILES string of the molecule is Cc1ccc(OCc2c(C)nn(C)c2Cl)cc1. The van der Waals surface area contributed by atoms with E-state index in [4.69, 9.17) is 16.3 Å². The van der Waals surface area contributed by atoms with Gasteiger partial charge in [-0.2, -0.15) is 5.10 Å². The van der Waals surface area contributed by atoms with Crippen molar-refractivity contribution in [3.05, 3.63) is 46.2 Å². The second-order valence-corrected chi connectivity index (χ2v) is 4.44. The highest BCUT2D eigenvalue weighted by atomic mass is 35.5. The fourth-order valence-electron chi connectivity index (χ4n) is 1.63. The minimum atomic E-state index is 0.446. The fraction of sp³-hybridized carbons (Fsp3) is 0.308. The monoisotopic (exact) mass is 250 g/mol. The fourth-order valence-corrected chi connectivity index (χ4v) is 1.86. The minimum Gasteiger partial charge on any atom is -0.489 e. The zero-order chi connectivity index (χ0) is 12.4. The van der Waals surface area contributed by atoms with Crippen molar-refractivity contribution < 1.29 is 4.74 Å². The Morgan fingerprint density at radius 3 is 2.41 bits per heavy atom. The van der Waals surface area contributed by atoms with Crippen LogP contribution in [0.1, 0.15) is 16.8 Å². The molecule has 2 aromatic rings. The molecule has 0 radical (unpaired) electrons. The Bertz CT molecular complexity index is 517. The minimum absolute atomic E-state index is 0.446. The number of rotatable bonds is 3. The number of nitrogens with zero attached hydrogens (tertiary/aromatic N) is 2. The summed E-state index contributed by atoms with van der Waals surface area (Å²) in [5, 5.41) is 4.88. The molecule has 0 aliphatic rings. The molecular formula is C13H15ClN2O. The van der Waals surface area contributed by atoms with Gasteiger partial charge in [0.1, 0.15) is 17.5 Å². The summed E-state index contributed by atoms with van der Waals surface area (Å²) in [5.41, 5.74) is 3.06. The summed E-state index contributed by atoms with van der Waals surface area (Å²) < 4.78 is 7.34. The van der Waals surface area contributed by atoms with E-state index < -0.39 is 0 Å². The number of aromatic nitrogens is 2. The van der Waals surface area contributed by atoms with E-state index >= 15 is 0 Å². The zero-order valence-electron chi connectivity index (χ0n) is 10.2. The van der Waals surface area contributed by atoms with Gasteiger partial charge >= 0.3 is 0 Å². The van der Waals surface area contributed by atoms with E-state index in [9.17, 15) is 0 Å². The van der Waals surface area contributed by atoms with E-state index in [1.54, 1.807) is 4.68 Å². The molecule has 0 amide bonds. The second-order valence-electron chi connectivity index (χ2n) is 4.08. The molecule has 1 aromatic heterocycles. The molecule has 2 rings (SSSR count). The summed E-state index contributed by atoms with van der Waals surface area (Å²) in [6.45, 7) is 4.42. The van der Waals surface area contributed by atoms with Crippen molar-refractivity contribution in [2.24, 2.45) is 7.05 Å². The highest BCUT2D eigenvalue weighted by Gasteiger charge is 2.11. The summed E-state index contributed by atoms with van der Waals surface area (Å²) in [7, 11) is 1.82. The van der Waals surface area contributed by atoms with Crippen molar-refractivity contribution in [2.45, 2.75) is 20.5 Å². The van der Waals surface area contributed by atoms with Gasteiger partial charge in [-0.05, 0) is 26.0 Å². The first-order valence-corrected chi connectivity index (χ1v) is 5.83. The Kier molecular flexibility index (Phi) is 3.38. The van der Waals surface area contributed by atoms with E-state index in [0.29, 0.717) is 11.8 Å². The van der Waals surface area contributed by atoms with Crippen LogP contribution in [-0.2, 0) is 13.7 Å². The van der Waals surface area contributed by atoms with Gasteiger partial charge in [0.25, 0.3) is 0 Å². The molecule has 90 valence electrons. The molecule has 0 N–H and O–H groups in total. The van der Waals surface area contributed by atoms with Crippen molar-refractivity contribution >= 4 is 11.6 Å². The third-order valence-electron chi connectivity index (χ3n) is 2.67. The maximum Gasteiger partial charge on any atom is 0.133 e. The largest absolute Gasteiger partial charge is 0.489 e. The molecule has 1 heterocycles. The van der Waals surface area contributed by atoms with Gasteiger partial charge in [0.2, 0.25) is 0 Å². The van der Waals surface area contributed by atoms with Crippen LogP contribution in [0.25, 0.3) is 0 Å². The van der Waals surface area contributed by atoms with E-state index in [2.05, 4.69) is 5.10 Å². The summed E-state index contributed by atoms with van der Waals surface area (Å²) >= 11 is 6.13. The van der Waals surface area contributed by atoms with Gasteiger partial charge in [-0.25, -0.2) is 0 Å². The van der Waals surface area contributed by atoms with E-state index in [-0.39, 0.29) is 0 Å². The second kappa shape index (κ2) is 4.80. The van der Waals surface area contributed by atoms with Gasteiger partial charge in [-0.15, -0.1) is 0 Å². The first kappa shape index (κ1) is 12.0. The molecule has 0 saturated carbocycles. The van der Waals surface area contributed by atoms with Crippen LogP contribution in [0.4, 0.5) is 0 Å². The van der Waals surface area contributed by atoms with Gasteiger partial charge in [-0.3, -0.25) is 4.68 Å². The Morgan fingerprint density at radius 1 is 1.24 bits per heavy atom. The molecule has 0 aliphatic heterocycles. The van der Waals surface area contributed by atoms with E-state index in [1.165, 1.54) is 5.56 Å². The standard InChI is InChI=1S/C13H15ClN2O/c1-9-4-6-11(7-5-9)17-8-12-10(2)15-16(3)13(12)14/h4-7H,8H2,1-3H3. The quantitative estimate of drug-likeness (QED) is 0.836. The van der Waals surface area contributed by atoms with Crippen LogP contribution >= 0.6 is 11.6 Å². The van der Waals surface area contributed by atoms with Crippen LogP contribution in [-0.4, -0.2) is 9.78 Å². The van der Waals surface area contributed by atoms with Crippen LogP contribution in [0.2, 0.25) is 5.15 Å². The van der Waals surface area contributed by atoms with Gasteiger partial charge < -0.3 is 4.74 Å². The average molecular weight is 251 g/mol. The molecule has 17 heavy (non-hydrogen) atoms. The van der Waals surface area contributed by atoms with Crippen molar-refractivity contribution in [1.82, 2.24) is 9.78 Å². The first-order valence-electron chi connectivity index (χ1n) is 5.45. The Morgan fingerprint density at radius 2 is 1.88 bits per heavy atom. The third-order valence-corrected chi connectivity index (χ3v) is 3.15. The molecule has 0 saturated heterocycles. The normalized spacial score (nSPS) is 10.6. The van der Waals surface area contributed by atoms with Crippen LogP contribution in [0.5, 0.6) is 5.75 Å². The molecule has 3 nitrogen and oxygen atoms in total. The highest BCUT2D eigenvalue weighted by molar-refractivity contribution is 6.30. The predicted octanol–water partition coefficient (Wildman–Crippen LogP) is 3.27. The van der Waals surface area contributed by atoms with Crippen LogP contribution in [0.3, 0.4) is 0 Å². The Hall–Kier alpha value is -1.48. The van der Waals surface area contributed by atoms with Gasteiger partial charge in [0.15, 0.2) is 0 Å². The number of ether oxygens (including phenoxy) is 1. The average Bonchev–Trinajstić information content (AvgIpc) is 2.54. The summed E-state index contributed by atoms with van der Waals surface area (Å²) in [6, 6.07) is 7.95. The van der Waals surface area contributed by atoms with Crippen molar-refractivity contribution in [1.29, 1.82) is 0 Å². The molecule has 0 spiro atoms. The Labute approximate surface area is 106 Å². The molecule has 0 bridgehead atoms. The van der Waals surface area contributed by atoms with Crippen LogP contribution in [0.15, 0.2) is 24.3 Å².